The van der Waals surface area contributed by atoms with Gasteiger partial charge in [-0.25, -0.2) is 0 Å². The highest BCUT2D eigenvalue weighted by Crippen LogP contribution is 2.18. The Morgan fingerprint density at radius 3 is 2.00 bits per heavy atom. The van der Waals surface area contributed by atoms with Crippen LogP contribution in [0.3, 0.4) is 0 Å². The minimum Gasteiger partial charge on any atom is -0.368 e. The zero-order valence-electron chi connectivity index (χ0n) is 15.7. The molecule has 0 aliphatic carbocycles. The summed E-state index contributed by atoms with van der Waals surface area (Å²) in [5, 5.41) is 2.80. The Labute approximate surface area is 155 Å². The smallest absolute Gasteiger partial charge is 0.240 e. The second-order valence-electron chi connectivity index (χ2n) is 7.21. The summed E-state index contributed by atoms with van der Waals surface area (Å²) in [6.45, 7) is 6.20. The van der Waals surface area contributed by atoms with E-state index in [9.17, 15) is 9.59 Å². The average molecular weight is 352 g/mol. The molecule has 138 valence electrons. The van der Waals surface area contributed by atoms with E-state index in [1.165, 1.54) is 5.56 Å². The molecule has 2 aromatic carbocycles. The second-order valence-corrected chi connectivity index (χ2v) is 7.21. The standard InChI is InChI=1S/C22H28N2O2/c1-15(2)13-18-9-11-19(12-10-18)16(3)22(26)24-20(21(23)25)14-17-7-5-4-6-8-17/h4-12,15-16,20H,13-14H2,1-3H3,(H2,23,25)(H,24,26)/t16-,20-/m0/s1. The fraction of sp³-hybridized carbons (Fsp3) is 0.364. The summed E-state index contributed by atoms with van der Waals surface area (Å²) in [5.41, 5.74) is 8.63. The van der Waals surface area contributed by atoms with Crippen LogP contribution in [0.15, 0.2) is 54.6 Å². The van der Waals surface area contributed by atoms with E-state index in [-0.39, 0.29) is 11.8 Å². The van der Waals surface area contributed by atoms with Crippen LogP contribution in [0.2, 0.25) is 0 Å². The van der Waals surface area contributed by atoms with Gasteiger partial charge in [-0.3, -0.25) is 9.59 Å². The number of carbonyl (C=O) groups excluding carboxylic acids is 2. The maximum Gasteiger partial charge on any atom is 0.240 e. The normalized spacial score (nSPS) is 13.2. The number of hydrogen-bond acceptors (Lipinski definition) is 2. The fourth-order valence-electron chi connectivity index (χ4n) is 2.93. The first-order valence-corrected chi connectivity index (χ1v) is 9.09. The van der Waals surface area contributed by atoms with E-state index in [4.69, 9.17) is 5.73 Å². The van der Waals surface area contributed by atoms with Gasteiger partial charge in [0.1, 0.15) is 6.04 Å². The summed E-state index contributed by atoms with van der Waals surface area (Å²) in [4.78, 5) is 24.3. The molecule has 3 N–H and O–H groups in total. The third-order valence-corrected chi connectivity index (χ3v) is 4.46. The molecule has 0 radical (unpaired) electrons. The number of nitrogens with two attached hydrogens (primary N) is 1. The van der Waals surface area contributed by atoms with Crippen molar-refractivity contribution in [3.63, 3.8) is 0 Å². The lowest BCUT2D eigenvalue weighted by molar-refractivity contribution is -0.128. The van der Waals surface area contributed by atoms with Crippen LogP contribution in [-0.4, -0.2) is 17.9 Å². The van der Waals surface area contributed by atoms with Crippen LogP contribution in [0.25, 0.3) is 0 Å². The van der Waals surface area contributed by atoms with Crippen LogP contribution in [0.5, 0.6) is 0 Å². The molecular weight excluding hydrogens is 324 g/mol. The Morgan fingerprint density at radius 1 is 0.885 bits per heavy atom. The molecule has 0 saturated carbocycles. The van der Waals surface area contributed by atoms with Gasteiger partial charge < -0.3 is 11.1 Å². The fourth-order valence-corrected chi connectivity index (χ4v) is 2.93. The highest BCUT2D eigenvalue weighted by molar-refractivity contribution is 5.89. The van der Waals surface area contributed by atoms with Gasteiger partial charge in [-0.1, -0.05) is 68.4 Å². The molecule has 2 atom stereocenters. The molecule has 0 aromatic heterocycles. The van der Waals surface area contributed by atoms with Crippen LogP contribution in [0, 0.1) is 5.92 Å². The Kier molecular flexibility index (Phi) is 6.96. The Bertz CT molecular complexity index is 724. The van der Waals surface area contributed by atoms with E-state index in [0.717, 1.165) is 17.5 Å². The van der Waals surface area contributed by atoms with Crippen LogP contribution >= 0.6 is 0 Å². The highest BCUT2D eigenvalue weighted by Gasteiger charge is 2.22. The molecule has 2 rings (SSSR count). The van der Waals surface area contributed by atoms with E-state index in [2.05, 4.69) is 31.3 Å². The summed E-state index contributed by atoms with van der Waals surface area (Å²) in [7, 11) is 0. The zero-order valence-corrected chi connectivity index (χ0v) is 15.7. The number of nitrogens with one attached hydrogen (secondary N) is 1. The van der Waals surface area contributed by atoms with E-state index >= 15 is 0 Å². The molecule has 4 heteroatoms. The first-order valence-electron chi connectivity index (χ1n) is 9.09. The number of benzene rings is 2. The van der Waals surface area contributed by atoms with Crippen molar-refractivity contribution in [2.24, 2.45) is 11.7 Å². The van der Waals surface area contributed by atoms with Gasteiger partial charge in [0.25, 0.3) is 0 Å². The molecule has 4 nitrogen and oxygen atoms in total. The van der Waals surface area contributed by atoms with Gasteiger partial charge in [0.2, 0.25) is 11.8 Å². The summed E-state index contributed by atoms with van der Waals surface area (Å²) in [5.74, 6) is -0.473. The number of hydrogen-bond donors (Lipinski definition) is 2. The average Bonchev–Trinajstić information content (AvgIpc) is 2.61. The largest absolute Gasteiger partial charge is 0.368 e. The topological polar surface area (TPSA) is 72.2 Å². The molecule has 0 aliphatic rings. The summed E-state index contributed by atoms with van der Waals surface area (Å²) in [6.07, 6.45) is 1.41. The van der Waals surface area contributed by atoms with Crippen molar-refractivity contribution in [3.8, 4) is 0 Å². The van der Waals surface area contributed by atoms with Crippen molar-refractivity contribution >= 4 is 11.8 Å². The molecular formula is C22H28N2O2. The van der Waals surface area contributed by atoms with Gasteiger partial charge >= 0.3 is 0 Å². The van der Waals surface area contributed by atoms with E-state index in [1.54, 1.807) is 0 Å². The van der Waals surface area contributed by atoms with Gasteiger partial charge in [-0.2, -0.15) is 0 Å². The minimum atomic E-state index is -0.715. The first-order chi connectivity index (χ1) is 12.4. The molecule has 0 bridgehead atoms. The van der Waals surface area contributed by atoms with E-state index < -0.39 is 11.9 Å². The lowest BCUT2D eigenvalue weighted by Gasteiger charge is -2.19. The summed E-state index contributed by atoms with van der Waals surface area (Å²) >= 11 is 0. The molecule has 2 aromatic rings. The SMILES string of the molecule is CC(C)Cc1ccc([C@H](C)C(=O)N[C@@H](Cc2ccccc2)C(N)=O)cc1. The predicted octanol–water partition coefficient (Wildman–Crippen LogP) is 3.20. The number of rotatable bonds is 8. The number of primary amides is 1. The Hall–Kier alpha value is -2.62. The summed E-state index contributed by atoms with van der Waals surface area (Å²) in [6, 6.07) is 16.9. The monoisotopic (exact) mass is 352 g/mol. The van der Waals surface area contributed by atoms with Crippen molar-refractivity contribution in [2.45, 2.75) is 45.6 Å². The molecule has 26 heavy (non-hydrogen) atoms. The van der Waals surface area contributed by atoms with Crippen molar-refractivity contribution in [2.75, 3.05) is 0 Å². The lowest BCUT2D eigenvalue weighted by atomic mass is 9.95. The number of carbonyl (C=O) groups is 2. The maximum absolute atomic E-state index is 12.6. The van der Waals surface area contributed by atoms with Crippen molar-refractivity contribution < 1.29 is 9.59 Å². The highest BCUT2D eigenvalue weighted by atomic mass is 16.2. The van der Waals surface area contributed by atoms with Crippen molar-refractivity contribution in [1.29, 1.82) is 0 Å². The molecule has 0 unspecified atom stereocenters. The Balaban J connectivity index is 2.02. The van der Waals surface area contributed by atoms with Crippen LogP contribution in [0.1, 0.15) is 43.4 Å². The van der Waals surface area contributed by atoms with Gasteiger partial charge in [-0.05, 0) is 36.0 Å². The summed E-state index contributed by atoms with van der Waals surface area (Å²) < 4.78 is 0. The quantitative estimate of drug-likeness (QED) is 0.766. The number of amides is 2. The van der Waals surface area contributed by atoms with E-state index in [1.807, 2.05) is 49.4 Å². The van der Waals surface area contributed by atoms with Crippen molar-refractivity contribution in [1.82, 2.24) is 5.32 Å². The van der Waals surface area contributed by atoms with Gasteiger partial charge in [0, 0.05) is 6.42 Å². The maximum atomic E-state index is 12.6. The molecule has 0 fully saturated rings. The molecule has 0 heterocycles. The molecule has 0 saturated heterocycles. The third-order valence-electron chi connectivity index (χ3n) is 4.46. The Morgan fingerprint density at radius 2 is 1.46 bits per heavy atom. The van der Waals surface area contributed by atoms with Gasteiger partial charge in [0.15, 0.2) is 0 Å². The molecule has 0 aliphatic heterocycles. The first kappa shape index (κ1) is 19.7. The molecule has 2 amide bonds. The van der Waals surface area contributed by atoms with Crippen LogP contribution in [-0.2, 0) is 22.4 Å². The predicted molar refractivity (Wildman–Crippen MR) is 105 cm³/mol. The molecule has 0 spiro atoms. The van der Waals surface area contributed by atoms with Gasteiger partial charge in [-0.15, -0.1) is 0 Å². The van der Waals surface area contributed by atoms with Gasteiger partial charge in [0.05, 0.1) is 5.92 Å². The third kappa shape index (κ3) is 5.73. The van der Waals surface area contributed by atoms with E-state index in [0.29, 0.717) is 12.3 Å². The second kappa shape index (κ2) is 9.18. The lowest BCUT2D eigenvalue weighted by Crippen LogP contribution is -2.47. The minimum absolute atomic E-state index is 0.193. The van der Waals surface area contributed by atoms with Crippen molar-refractivity contribution in [3.05, 3.63) is 71.3 Å². The zero-order chi connectivity index (χ0) is 19.1. The van der Waals surface area contributed by atoms with Crippen LogP contribution < -0.4 is 11.1 Å². The van der Waals surface area contributed by atoms with Crippen LogP contribution in [0.4, 0.5) is 0 Å².